The van der Waals surface area contributed by atoms with Crippen molar-refractivity contribution in [1.82, 2.24) is 0 Å². The second-order valence-corrected chi connectivity index (χ2v) is 8.54. The third-order valence-electron chi connectivity index (χ3n) is 5.27. The largest absolute Gasteiger partial charge is 0.481 e. The van der Waals surface area contributed by atoms with Crippen molar-refractivity contribution < 1.29 is 15.0 Å². The Hall–Kier alpha value is -0.570. The molecule has 3 heteroatoms. The van der Waals surface area contributed by atoms with Crippen LogP contribution in [-0.2, 0) is 4.79 Å². The minimum absolute atomic E-state index is 0.0780. The van der Waals surface area contributed by atoms with Gasteiger partial charge in [-0.05, 0) is 30.1 Å². The molecule has 0 aromatic carbocycles. The number of carboxylic acids is 1. The quantitative estimate of drug-likeness (QED) is 0.390. The highest BCUT2D eigenvalue weighted by molar-refractivity contribution is 5.67. The van der Waals surface area contributed by atoms with Crippen LogP contribution in [0.5, 0.6) is 0 Å². The minimum Gasteiger partial charge on any atom is -0.481 e. The van der Waals surface area contributed by atoms with Gasteiger partial charge in [0.1, 0.15) is 0 Å². The zero-order valence-electron chi connectivity index (χ0n) is 16.8. The summed E-state index contributed by atoms with van der Waals surface area (Å²) in [4.78, 5) is 10.6. The average Bonchev–Trinajstić information content (AvgIpc) is 2.45. The number of hydrogen-bond donors (Lipinski definition) is 2. The molecule has 24 heavy (non-hydrogen) atoms. The normalized spacial score (nSPS) is 16.8. The summed E-state index contributed by atoms with van der Waals surface area (Å²) in [6.07, 6.45) is 10.4. The van der Waals surface area contributed by atoms with Crippen LogP contribution in [0.15, 0.2) is 0 Å². The van der Waals surface area contributed by atoms with Crippen LogP contribution in [0.25, 0.3) is 0 Å². The van der Waals surface area contributed by atoms with E-state index in [2.05, 4.69) is 27.7 Å². The molecule has 3 nitrogen and oxygen atoms in total. The zero-order chi connectivity index (χ0) is 18.5. The first-order chi connectivity index (χ1) is 11.2. The van der Waals surface area contributed by atoms with E-state index in [9.17, 15) is 9.90 Å². The summed E-state index contributed by atoms with van der Waals surface area (Å²) < 4.78 is 0. The molecule has 2 N–H and O–H groups in total. The van der Waals surface area contributed by atoms with Crippen molar-refractivity contribution in [2.45, 2.75) is 105 Å². The Morgan fingerprint density at radius 2 is 1.17 bits per heavy atom. The molecule has 0 aliphatic heterocycles. The van der Waals surface area contributed by atoms with Crippen LogP contribution in [0.1, 0.15) is 98.8 Å². The number of carboxylic acid groups (broad SMARTS) is 1. The maximum atomic E-state index is 10.6. The number of aliphatic hydroxyl groups is 1. The van der Waals surface area contributed by atoms with Gasteiger partial charge < -0.3 is 10.2 Å². The monoisotopic (exact) mass is 342 g/mol. The van der Waals surface area contributed by atoms with Gasteiger partial charge in [0.25, 0.3) is 0 Å². The van der Waals surface area contributed by atoms with E-state index in [-0.39, 0.29) is 12.3 Å². The first-order valence-electron chi connectivity index (χ1n) is 10.1. The Morgan fingerprint density at radius 1 is 0.750 bits per heavy atom. The van der Waals surface area contributed by atoms with E-state index in [4.69, 9.17) is 5.11 Å². The fraction of sp³-hybridized carbons (Fsp3) is 0.952. The van der Waals surface area contributed by atoms with Crippen LogP contribution < -0.4 is 0 Å². The number of aliphatic carboxylic acids is 1. The molecule has 4 atom stereocenters. The molecule has 0 aliphatic carbocycles. The van der Waals surface area contributed by atoms with Gasteiger partial charge in [-0.15, -0.1) is 0 Å². The molecule has 0 saturated heterocycles. The lowest BCUT2D eigenvalue weighted by molar-refractivity contribution is -0.139. The first kappa shape index (κ1) is 23.4. The summed E-state index contributed by atoms with van der Waals surface area (Å²) in [7, 11) is 0. The molecule has 144 valence electrons. The van der Waals surface area contributed by atoms with E-state index in [1.165, 1.54) is 44.9 Å². The molecule has 0 fully saturated rings. The summed E-state index contributed by atoms with van der Waals surface area (Å²) in [5, 5.41) is 18.5. The molecule has 0 rings (SSSR count). The van der Waals surface area contributed by atoms with Gasteiger partial charge in [-0.25, -0.2) is 0 Å². The standard InChI is InChI=1S/C21H42O3/c1-16(2)9-6-10-17(3)11-7-12-18(4)13-8-14-19(5)20(22)15-21(23)24/h16-20,22H,6-15H2,1-5H3,(H,23,24). The molecule has 0 aromatic rings. The topological polar surface area (TPSA) is 57.5 Å². The molecule has 0 bridgehead atoms. The third-order valence-corrected chi connectivity index (χ3v) is 5.27. The van der Waals surface area contributed by atoms with E-state index in [0.29, 0.717) is 0 Å². The molecular formula is C21H42O3. The van der Waals surface area contributed by atoms with E-state index in [1.807, 2.05) is 6.92 Å². The van der Waals surface area contributed by atoms with Gasteiger partial charge in [-0.1, -0.05) is 86.0 Å². The molecule has 0 heterocycles. The number of hydrogen-bond acceptors (Lipinski definition) is 2. The van der Waals surface area contributed by atoms with Crippen LogP contribution >= 0.6 is 0 Å². The summed E-state index contributed by atoms with van der Waals surface area (Å²) in [5.74, 6) is 1.58. The zero-order valence-corrected chi connectivity index (χ0v) is 16.8. The van der Waals surface area contributed by atoms with Gasteiger partial charge in [-0.2, -0.15) is 0 Å². The molecule has 0 spiro atoms. The van der Waals surface area contributed by atoms with E-state index < -0.39 is 12.1 Å². The fourth-order valence-electron chi connectivity index (χ4n) is 3.34. The number of carbonyl (C=O) groups is 1. The van der Waals surface area contributed by atoms with E-state index in [0.717, 1.165) is 30.6 Å². The van der Waals surface area contributed by atoms with Crippen LogP contribution in [0, 0.1) is 23.7 Å². The van der Waals surface area contributed by atoms with Crippen LogP contribution in [0.4, 0.5) is 0 Å². The van der Waals surface area contributed by atoms with E-state index in [1.54, 1.807) is 0 Å². The molecule has 4 unspecified atom stereocenters. The van der Waals surface area contributed by atoms with Crippen molar-refractivity contribution in [1.29, 1.82) is 0 Å². The molecular weight excluding hydrogens is 300 g/mol. The Morgan fingerprint density at radius 3 is 1.58 bits per heavy atom. The Balaban J connectivity index is 3.65. The van der Waals surface area contributed by atoms with Gasteiger partial charge in [0.05, 0.1) is 12.5 Å². The van der Waals surface area contributed by atoms with Crippen molar-refractivity contribution >= 4 is 5.97 Å². The van der Waals surface area contributed by atoms with E-state index >= 15 is 0 Å². The molecule has 0 saturated carbocycles. The second kappa shape index (κ2) is 13.7. The lowest BCUT2D eigenvalue weighted by atomic mass is 9.90. The van der Waals surface area contributed by atoms with Crippen molar-refractivity contribution in [2.75, 3.05) is 0 Å². The van der Waals surface area contributed by atoms with Crippen molar-refractivity contribution in [2.24, 2.45) is 23.7 Å². The van der Waals surface area contributed by atoms with Gasteiger partial charge in [0.15, 0.2) is 0 Å². The molecule has 0 radical (unpaired) electrons. The Kier molecular flexibility index (Phi) is 13.4. The highest BCUT2D eigenvalue weighted by atomic mass is 16.4. The van der Waals surface area contributed by atoms with Crippen LogP contribution in [-0.4, -0.2) is 22.3 Å². The number of aliphatic hydroxyl groups excluding tert-OH is 1. The Bertz CT molecular complexity index is 314. The molecule has 0 amide bonds. The average molecular weight is 343 g/mol. The van der Waals surface area contributed by atoms with Gasteiger partial charge >= 0.3 is 5.97 Å². The number of rotatable bonds is 15. The van der Waals surface area contributed by atoms with Gasteiger partial charge in [0, 0.05) is 0 Å². The van der Waals surface area contributed by atoms with Gasteiger partial charge in [-0.3, -0.25) is 4.79 Å². The van der Waals surface area contributed by atoms with Crippen molar-refractivity contribution in [3.63, 3.8) is 0 Å². The summed E-state index contributed by atoms with van der Waals surface area (Å²) >= 11 is 0. The summed E-state index contributed by atoms with van der Waals surface area (Å²) in [6, 6.07) is 0. The Labute approximate surface area is 150 Å². The fourth-order valence-corrected chi connectivity index (χ4v) is 3.34. The van der Waals surface area contributed by atoms with Crippen molar-refractivity contribution in [3.8, 4) is 0 Å². The minimum atomic E-state index is -0.912. The van der Waals surface area contributed by atoms with Crippen molar-refractivity contribution in [3.05, 3.63) is 0 Å². The highest BCUT2D eigenvalue weighted by Crippen LogP contribution is 2.23. The summed E-state index contributed by atoms with van der Waals surface area (Å²) in [5.41, 5.74) is 0. The lowest BCUT2D eigenvalue weighted by Crippen LogP contribution is -2.21. The predicted octanol–water partition coefficient (Wildman–Crippen LogP) is 5.90. The van der Waals surface area contributed by atoms with Crippen LogP contribution in [0.2, 0.25) is 0 Å². The second-order valence-electron chi connectivity index (χ2n) is 8.54. The maximum absolute atomic E-state index is 10.6. The van der Waals surface area contributed by atoms with Gasteiger partial charge in [0.2, 0.25) is 0 Å². The first-order valence-corrected chi connectivity index (χ1v) is 10.1. The highest BCUT2D eigenvalue weighted by Gasteiger charge is 2.17. The summed E-state index contributed by atoms with van der Waals surface area (Å²) in [6.45, 7) is 11.3. The molecule has 0 aliphatic rings. The maximum Gasteiger partial charge on any atom is 0.305 e. The third kappa shape index (κ3) is 13.8. The molecule has 0 aromatic heterocycles. The predicted molar refractivity (Wildman–Crippen MR) is 102 cm³/mol. The SMILES string of the molecule is CC(C)CCCC(C)CCCC(C)CCCC(C)C(O)CC(=O)O. The smallest absolute Gasteiger partial charge is 0.305 e. The lowest BCUT2D eigenvalue weighted by Gasteiger charge is -2.18. The van der Waals surface area contributed by atoms with Crippen LogP contribution in [0.3, 0.4) is 0 Å².